The molecule has 4 saturated heterocycles. The van der Waals surface area contributed by atoms with Crippen molar-refractivity contribution >= 4 is 34.3 Å². The Bertz CT molecular complexity index is 2420. The number of carbonyl (C=O) groups excluding carboxylic acids is 2. The number of fused-ring (bicyclic) bond motifs is 2. The van der Waals surface area contributed by atoms with E-state index in [1.54, 1.807) is 24.8 Å². The molecule has 6 aromatic rings. The Kier molecular flexibility index (Phi) is 14.8. The van der Waals surface area contributed by atoms with Crippen LogP contribution in [0.3, 0.4) is 0 Å². The number of hydrogen-bond donors (Lipinski definition) is 4. The zero-order valence-corrected chi connectivity index (χ0v) is 40.2. The lowest BCUT2D eigenvalue weighted by Gasteiger charge is -2.29. The van der Waals surface area contributed by atoms with Crippen LogP contribution in [0.2, 0.25) is 0 Å². The quantitative estimate of drug-likeness (QED) is 0.0717. The second kappa shape index (κ2) is 22.4. The van der Waals surface area contributed by atoms with E-state index in [-0.39, 0.29) is 36.5 Å². The van der Waals surface area contributed by atoms with Gasteiger partial charge < -0.3 is 40.2 Å². The Morgan fingerprint density at radius 3 is 0.861 bits per heavy atom. The zero-order valence-electron chi connectivity index (χ0n) is 40.2. The van der Waals surface area contributed by atoms with E-state index in [2.05, 4.69) is 60.8 Å². The normalized spacial score (nSPS) is 21.5. The minimum Gasteiger partial charge on any atom is -0.383 e. The molecule has 2 aromatic carbocycles. The fourth-order valence-corrected chi connectivity index (χ4v) is 10.6. The molecule has 8 heterocycles. The molecular weight excluding hydrogens is 913 g/mol. The molecule has 18 nitrogen and oxygen atoms in total. The van der Waals surface area contributed by atoms with Crippen molar-refractivity contribution in [1.82, 2.24) is 39.5 Å². The molecule has 4 atom stereocenters. The minimum absolute atomic E-state index is 0.222. The Morgan fingerprint density at radius 1 is 0.389 bits per heavy atom. The molecule has 0 amide bonds. The average Bonchev–Trinajstić information content (AvgIpc) is 4.29. The fraction of sp³-hybridized carbons (Fsp3) is 0.370. The van der Waals surface area contributed by atoms with Gasteiger partial charge in [0.1, 0.15) is 24.9 Å². The van der Waals surface area contributed by atoms with Gasteiger partial charge in [-0.05, 0) is 48.5 Å². The third kappa shape index (κ3) is 10.2. The lowest BCUT2D eigenvalue weighted by atomic mass is 9.80. The summed E-state index contributed by atoms with van der Waals surface area (Å²) < 4.78 is 24.5. The molecule has 18 heteroatoms. The predicted octanol–water partition coefficient (Wildman–Crippen LogP) is 5.81. The number of aromatic nitrogens is 4. The van der Waals surface area contributed by atoms with Crippen molar-refractivity contribution in [2.45, 2.75) is 24.9 Å². The molecule has 72 heavy (non-hydrogen) atoms. The molecule has 0 spiro atoms. The monoisotopic (exact) mass is 972 g/mol. The second-order valence-electron chi connectivity index (χ2n) is 18.4. The summed E-state index contributed by atoms with van der Waals surface area (Å²) >= 11 is 0. The molecule has 11 rings (SSSR count). The summed E-state index contributed by atoms with van der Waals surface area (Å²) in [4.78, 5) is 57.6. The maximum atomic E-state index is 15.7. The van der Waals surface area contributed by atoms with E-state index in [4.69, 9.17) is 18.9 Å². The van der Waals surface area contributed by atoms with Crippen LogP contribution in [0, 0.1) is 0 Å². The van der Waals surface area contributed by atoms with Crippen LogP contribution in [0.1, 0.15) is 79.0 Å². The van der Waals surface area contributed by atoms with Crippen molar-refractivity contribution in [3.05, 3.63) is 167 Å². The van der Waals surface area contributed by atoms with Crippen molar-refractivity contribution < 1.29 is 28.5 Å². The van der Waals surface area contributed by atoms with E-state index >= 15 is 9.59 Å². The van der Waals surface area contributed by atoms with Gasteiger partial charge in [0.15, 0.2) is 11.6 Å². The molecule has 5 aliphatic rings. The van der Waals surface area contributed by atoms with Gasteiger partial charge in [-0.15, -0.1) is 0 Å². The summed E-state index contributed by atoms with van der Waals surface area (Å²) in [5.74, 6) is -0.469. The molecular formula is C54H60N12O6. The molecule has 0 saturated carbocycles. The van der Waals surface area contributed by atoms with Crippen LogP contribution in [0.15, 0.2) is 122 Å². The van der Waals surface area contributed by atoms with E-state index in [1.807, 2.05) is 97.6 Å². The van der Waals surface area contributed by atoms with Crippen LogP contribution in [0.4, 0.5) is 22.7 Å². The highest BCUT2D eigenvalue weighted by Gasteiger charge is 2.39. The van der Waals surface area contributed by atoms with Gasteiger partial charge in [0.2, 0.25) is 0 Å². The highest BCUT2D eigenvalue weighted by atomic mass is 16.5. The number of nitrogens with zero attached hydrogens (tertiary/aromatic N) is 8. The number of benzene rings is 2. The SMILES string of the molecule is O=C1c2c(NCCN3CCOC3c3cccnc3)ccc(NCCN3CCOC3c3cccnc3)c2C(=O)c2c(NCCN3CCOC3c3cccnc3)ccc(NCCN3CCOC3c3cccnc3)c21. The number of anilines is 4. The number of hydrogen-bond acceptors (Lipinski definition) is 18. The highest BCUT2D eigenvalue weighted by Crippen LogP contribution is 2.42. The molecule has 4 N–H and O–H groups in total. The van der Waals surface area contributed by atoms with E-state index in [9.17, 15) is 0 Å². The largest absolute Gasteiger partial charge is 0.383 e. The van der Waals surface area contributed by atoms with Crippen molar-refractivity contribution in [1.29, 1.82) is 0 Å². The highest BCUT2D eigenvalue weighted by molar-refractivity contribution is 6.35. The topological polar surface area (TPSA) is 184 Å². The fourth-order valence-electron chi connectivity index (χ4n) is 10.6. The summed E-state index contributed by atoms with van der Waals surface area (Å²) in [5, 5.41) is 14.4. The molecule has 0 bridgehead atoms. The Hall–Kier alpha value is -6.74. The molecule has 4 aromatic heterocycles. The number of rotatable bonds is 20. The predicted molar refractivity (Wildman–Crippen MR) is 272 cm³/mol. The lowest BCUT2D eigenvalue weighted by Crippen LogP contribution is -2.33. The number of ether oxygens (including phenoxy) is 4. The Morgan fingerprint density at radius 2 is 0.639 bits per heavy atom. The Labute approximate surface area is 419 Å². The van der Waals surface area contributed by atoms with Crippen LogP contribution < -0.4 is 21.3 Å². The summed E-state index contributed by atoms with van der Waals surface area (Å²) in [7, 11) is 0. The van der Waals surface area contributed by atoms with Gasteiger partial charge in [0, 0.05) is 173 Å². The lowest BCUT2D eigenvalue weighted by molar-refractivity contribution is 0.0343. The molecule has 372 valence electrons. The van der Waals surface area contributed by atoms with Crippen molar-refractivity contribution in [3.63, 3.8) is 0 Å². The summed E-state index contributed by atoms with van der Waals surface area (Å²) in [6, 6.07) is 23.4. The molecule has 0 radical (unpaired) electrons. The smallest absolute Gasteiger partial charge is 0.198 e. The van der Waals surface area contributed by atoms with Gasteiger partial charge in [-0.2, -0.15) is 0 Å². The van der Waals surface area contributed by atoms with Gasteiger partial charge in [-0.25, -0.2) is 0 Å². The number of nitrogens with one attached hydrogen (secondary N) is 4. The van der Waals surface area contributed by atoms with E-state index in [0.717, 1.165) is 48.4 Å². The Balaban J connectivity index is 0.892. The second-order valence-corrected chi connectivity index (χ2v) is 18.4. The molecule has 4 aliphatic heterocycles. The van der Waals surface area contributed by atoms with Crippen molar-refractivity contribution in [3.8, 4) is 0 Å². The molecule has 1 aliphatic carbocycles. The number of pyridine rings is 4. The maximum absolute atomic E-state index is 15.7. The number of ketones is 2. The van der Waals surface area contributed by atoms with Crippen LogP contribution in [-0.2, 0) is 18.9 Å². The van der Waals surface area contributed by atoms with Crippen LogP contribution in [0.5, 0.6) is 0 Å². The van der Waals surface area contributed by atoms with Gasteiger partial charge in [0.25, 0.3) is 0 Å². The van der Waals surface area contributed by atoms with Gasteiger partial charge in [-0.1, -0.05) is 24.3 Å². The standard InChI is InChI=1S/C54H60N12O6/c67-49-45-41(59-17-21-63-25-29-69-51(63)37-5-1-13-55-33-37)9-10-42(60-18-22-64-26-30-70-52(64)38-6-2-14-56-34-38)46(45)50(68)48-44(62-20-24-66-28-32-72-54(66)40-8-4-16-58-36-40)12-11-43(47(48)49)61-19-23-65-27-31-71-53(65)39-7-3-15-57-35-39/h1-16,33-36,51-54,59-62H,17-32H2. The average molecular weight is 973 g/mol. The third-order valence-electron chi connectivity index (χ3n) is 14.0. The maximum Gasteiger partial charge on any atom is 0.198 e. The minimum atomic E-state index is -0.235. The molecule has 4 fully saturated rings. The first kappa shape index (κ1) is 47.6. The van der Waals surface area contributed by atoms with Crippen LogP contribution in [0.25, 0.3) is 0 Å². The van der Waals surface area contributed by atoms with Gasteiger partial charge in [-0.3, -0.25) is 49.1 Å². The summed E-state index contributed by atoms with van der Waals surface area (Å²) in [6.45, 7) is 9.95. The van der Waals surface area contributed by atoms with Crippen LogP contribution >= 0.6 is 0 Å². The van der Waals surface area contributed by atoms with E-state index < -0.39 is 0 Å². The summed E-state index contributed by atoms with van der Waals surface area (Å²) in [5.41, 5.74) is 7.70. The van der Waals surface area contributed by atoms with Crippen LogP contribution in [-0.4, -0.2) is 156 Å². The third-order valence-corrected chi connectivity index (χ3v) is 14.0. The first-order valence-electron chi connectivity index (χ1n) is 25.0. The van der Waals surface area contributed by atoms with E-state index in [0.29, 0.717) is 124 Å². The summed E-state index contributed by atoms with van der Waals surface area (Å²) in [6.07, 6.45) is 13.5. The van der Waals surface area contributed by atoms with Gasteiger partial charge >= 0.3 is 0 Å². The molecule has 4 unspecified atom stereocenters. The van der Waals surface area contributed by atoms with Crippen molar-refractivity contribution in [2.24, 2.45) is 0 Å². The van der Waals surface area contributed by atoms with Crippen molar-refractivity contribution in [2.75, 3.05) is 126 Å². The van der Waals surface area contributed by atoms with Gasteiger partial charge in [0.05, 0.1) is 48.7 Å². The van der Waals surface area contributed by atoms with E-state index in [1.165, 1.54) is 0 Å². The first-order valence-corrected chi connectivity index (χ1v) is 25.0. The first-order chi connectivity index (χ1) is 35.6. The zero-order chi connectivity index (χ0) is 48.6. The number of carbonyl (C=O) groups is 2.